The van der Waals surface area contributed by atoms with Crippen LogP contribution in [-0.2, 0) is 14.6 Å². The number of allylic oxidation sites excluding steroid dienone is 1. The molecule has 1 N–H and O–H groups in total. The highest BCUT2D eigenvalue weighted by molar-refractivity contribution is 7.80. The van der Waals surface area contributed by atoms with Crippen LogP contribution in [0, 0.1) is 5.92 Å². The summed E-state index contributed by atoms with van der Waals surface area (Å²) in [5.41, 5.74) is 0. The van der Waals surface area contributed by atoms with Crippen molar-refractivity contribution in [3.8, 4) is 0 Å². The predicted molar refractivity (Wildman–Crippen MR) is 212 cm³/mol. The summed E-state index contributed by atoms with van der Waals surface area (Å²) in [5, 5.41) is 0. The Morgan fingerprint density at radius 1 is 0.438 bits per heavy atom. The van der Waals surface area contributed by atoms with Gasteiger partial charge in [0.1, 0.15) is 0 Å². The summed E-state index contributed by atoms with van der Waals surface area (Å²) < 4.78 is 36.1. The summed E-state index contributed by atoms with van der Waals surface area (Å²) in [6.45, 7) is 4.62. The van der Waals surface area contributed by atoms with Crippen LogP contribution in [0.2, 0.25) is 0 Å². The van der Waals surface area contributed by atoms with Gasteiger partial charge in [-0.1, -0.05) is 244 Å². The van der Waals surface area contributed by atoms with Crippen LogP contribution in [0.15, 0.2) is 12.2 Å². The van der Waals surface area contributed by atoms with E-state index >= 15 is 0 Å². The highest BCUT2D eigenvalue weighted by Crippen LogP contribution is 2.18. The second-order valence-corrected chi connectivity index (χ2v) is 16.2. The third-order valence-electron chi connectivity index (χ3n) is 10.2. The smallest absolute Gasteiger partial charge is 0.264 e. The summed E-state index contributed by atoms with van der Waals surface area (Å²) in [6, 6.07) is 0. The zero-order valence-electron chi connectivity index (χ0n) is 32.7. The van der Waals surface area contributed by atoms with Crippen LogP contribution >= 0.6 is 0 Å². The van der Waals surface area contributed by atoms with Gasteiger partial charge in [0, 0.05) is 5.92 Å². The van der Waals surface area contributed by atoms with Crippen LogP contribution in [0.1, 0.15) is 251 Å². The third-order valence-corrected chi connectivity index (χ3v) is 10.7. The fourth-order valence-corrected chi connectivity index (χ4v) is 7.34. The van der Waals surface area contributed by atoms with Crippen molar-refractivity contribution in [3.63, 3.8) is 0 Å². The summed E-state index contributed by atoms with van der Waals surface area (Å²) in [6.07, 6.45) is 54.4. The highest BCUT2D eigenvalue weighted by Gasteiger charge is 2.11. The molecule has 0 aromatic carbocycles. The lowest BCUT2D eigenvalue weighted by atomic mass is 9.99. The number of rotatable bonds is 41. The van der Waals surface area contributed by atoms with E-state index in [4.69, 9.17) is 8.74 Å². The summed E-state index contributed by atoms with van der Waals surface area (Å²) in [5.74, 6) is 0.0544. The molecule has 0 rings (SSSR count). The van der Waals surface area contributed by atoms with Gasteiger partial charge in [-0.2, -0.15) is 8.42 Å². The quantitative estimate of drug-likeness (QED) is 0.0392. The van der Waals surface area contributed by atoms with Crippen molar-refractivity contribution in [2.75, 3.05) is 6.61 Å². The van der Waals surface area contributed by atoms with Gasteiger partial charge in [-0.25, -0.2) is 4.18 Å². The van der Waals surface area contributed by atoms with Crippen molar-refractivity contribution in [1.29, 1.82) is 0 Å². The van der Waals surface area contributed by atoms with Gasteiger partial charge in [-0.3, -0.25) is 4.55 Å². The fourth-order valence-electron chi connectivity index (χ4n) is 6.99. The SMILES string of the molecule is CCCCCCCCCCCCCCCCCCC/C=C/C(CCCCCCCCCCCCCCCCCCCC)COS(=O)(=O)O. The number of unbranched alkanes of at least 4 members (excludes halogenated alkanes) is 34. The molecule has 0 aromatic rings. The van der Waals surface area contributed by atoms with Crippen LogP contribution < -0.4 is 0 Å². The van der Waals surface area contributed by atoms with E-state index in [9.17, 15) is 8.42 Å². The highest BCUT2D eigenvalue weighted by atomic mass is 32.3. The van der Waals surface area contributed by atoms with Crippen molar-refractivity contribution in [2.24, 2.45) is 5.92 Å². The zero-order valence-corrected chi connectivity index (χ0v) is 33.5. The molecular weight excluding hydrogens is 613 g/mol. The van der Waals surface area contributed by atoms with E-state index < -0.39 is 10.4 Å². The molecule has 4 nitrogen and oxygen atoms in total. The zero-order chi connectivity index (χ0) is 35.1. The van der Waals surface area contributed by atoms with Gasteiger partial charge in [0.15, 0.2) is 0 Å². The molecule has 0 heterocycles. The third kappa shape index (κ3) is 41.8. The molecule has 0 aliphatic rings. The van der Waals surface area contributed by atoms with Crippen LogP contribution in [0.5, 0.6) is 0 Å². The number of hydrogen-bond donors (Lipinski definition) is 1. The molecule has 0 fully saturated rings. The molecule has 0 aliphatic heterocycles. The molecule has 5 heteroatoms. The van der Waals surface area contributed by atoms with Gasteiger partial charge < -0.3 is 0 Å². The predicted octanol–water partition coefficient (Wildman–Crippen LogP) is 15.5. The van der Waals surface area contributed by atoms with Crippen LogP contribution in [0.4, 0.5) is 0 Å². The van der Waals surface area contributed by atoms with Crippen molar-refractivity contribution in [3.05, 3.63) is 12.2 Å². The minimum atomic E-state index is -4.38. The Morgan fingerprint density at radius 2 is 0.708 bits per heavy atom. The molecule has 0 amide bonds. The standard InChI is InChI=1S/C43H86O4S/c1-3-5-7-9-11-13-15-17-19-21-23-25-27-29-31-33-35-37-39-41-43(42-47-48(44,45)46)40-38-36-34-32-30-28-26-24-22-20-18-16-14-12-10-8-6-4-2/h39,41,43H,3-38,40,42H2,1-2H3,(H,44,45,46)/b41-39+. The molecule has 0 radical (unpaired) electrons. The van der Waals surface area contributed by atoms with Crippen molar-refractivity contribution < 1.29 is 17.2 Å². The van der Waals surface area contributed by atoms with E-state index in [1.54, 1.807) is 0 Å². The first-order valence-electron chi connectivity index (χ1n) is 21.8. The van der Waals surface area contributed by atoms with E-state index in [1.807, 2.05) is 0 Å². The average molecular weight is 699 g/mol. The molecule has 0 aromatic heterocycles. The summed E-state index contributed by atoms with van der Waals surface area (Å²) in [4.78, 5) is 0. The molecular formula is C43H86O4S. The van der Waals surface area contributed by atoms with Crippen LogP contribution in [-0.4, -0.2) is 19.6 Å². The second kappa shape index (κ2) is 39.4. The maximum atomic E-state index is 11.1. The van der Waals surface area contributed by atoms with Gasteiger partial charge in [0.25, 0.3) is 0 Å². The Hall–Kier alpha value is -0.390. The van der Waals surface area contributed by atoms with Gasteiger partial charge in [-0.05, 0) is 19.3 Å². The maximum Gasteiger partial charge on any atom is 0.397 e. The molecule has 1 atom stereocenters. The largest absolute Gasteiger partial charge is 0.397 e. The molecule has 0 saturated carbocycles. The van der Waals surface area contributed by atoms with E-state index in [1.165, 1.54) is 218 Å². The fraction of sp³-hybridized carbons (Fsp3) is 0.953. The lowest BCUT2D eigenvalue weighted by Gasteiger charge is -2.12. The molecule has 0 saturated heterocycles. The minimum Gasteiger partial charge on any atom is -0.264 e. The lowest BCUT2D eigenvalue weighted by Crippen LogP contribution is -2.12. The summed E-state index contributed by atoms with van der Waals surface area (Å²) >= 11 is 0. The van der Waals surface area contributed by atoms with Crippen LogP contribution in [0.25, 0.3) is 0 Å². The Morgan fingerprint density at radius 3 is 1.00 bits per heavy atom. The van der Waals surface area contributed by atoms with Gasteiger partial charge >= 0.3 is 10.4 Å². The van der Waals surface area contributed by atoms with E-state index in [2.05, 4.69) is 26.0 Å². The minimum absolute atomic E-state index is 0.0489. The van der Waals surface area contributed by atoms with Gasteiger partial charge in [-0.15, -0.1) is 0 Å². The van der Waals surface area contributed by atoms with E-state index in [0.717, 1.165) is 19.3 Å². The van der Waals surface area contributed by atoms with Crippen molar-refractivity contribution in [2.45, 2.75) is 251 Å². The molecule has 1 unspecified atom stereocenters. The second-order valence-electron chi connectivity index (χ2n) is 15.1. The molecule has 0 aliphatic carbocycles. The van der Waals surface area contributed by atoms with E-state index in [0.29, 0.717) is 0 Å². The molecule has 0 spiro atoms. The Kier molecular flexibility index (Phi) is 39.1. The van der Waals surface area contributed by atoms with Crippen molar-refractivity contribution >= 4 is 10.4 Å². The first-order valence-corrected chi connectivity index (χ1v) is 23.1. The molecule has 48 heavy (non-hydrogen) atoms. The summed E-state index contributed by atoms with van der Waals surface area (Å²) in [7, 11) is -4.38. The number of hydrogen-bond acceptors (Lipinski definition) is 3. The monoisotopic (exact) mass is 699 g/mol. The molecule has 0 bridgehead atoms. The molecule has 288 valence electrons. The van der Waals surface area contributed by atoms with Gasteiger partial charge in [0.2, 0.25) is 0 Å². The Labute approximate surface area is 302 Å². The Bertz CT molecular complexity index is 735. The van der Waals surface area contributed by atoms with Crippen LogP contribution in [0.3, 0.4) is 0 Å². The Balaban J connectivity index is 3.68. The van der Waals surface area contributed by atoms with E-state index in [-0.39, 0.29) is 12.5 Å². The maximum absolute atomic E-state index is 11.1. The first-order chi connectivity index (χ1) is 23.5. The van der Waals surface area contributed by atoms with Crippen molar-refractivity contribution in [1.82, 2.24) is 0 Å². The normalized spacial score (nSPS) is 12.8. The van der Waals surface area contributed by atoms with Gasteiger partial charge in [0.05, 0.1) is 6.61 Å². The average Bonchev–Trinajstić information content (AvgIpc) is 3.06. The topological polar surface area (TPSA) is 63.6 Å². The lowest BCUT2D eigenvalue weighted by molar-refractivity contribution is 0.234. The first kappa shape index (κ1) is 47.6.